The van der Waals surface area contributed by atoms with E-state index in [-0.39, 0.29) is 12.4 Å². The fourth-order valence-electron chi connectivity index (χ4n) is 5.84. The highest BCUT2D eigenvalue weighted by atomic mass is 35.5. The normalized spacial score (nSPS) is 42.9. The van der Waals surface area contributed by atoms with Crippen LogP contribution < -0.4 is 17.7 Å². The van der Waals surface area contributed by atoms with Gasteiger partial charge in [-0.2, -0.15) is 0 Å². The highest BCUT2D eigenvalue weighted by Gasteiger charge is 2.47. The predicted molar refractivity (Wildman–Crippen MR) is 79.1 cm³/mol. The zero-order chi connectivity index (χ0) is 12.7. The Hall–Kier alpha value is 0.210. The molecule has 0 amide bonds. The van der Waals surface area contributed by atoms with Gasteiger partial charge >= 0.3 is 0 Å². The molecule has 5 fully saturated rings. The monoisotopic (exact) mass is 297 g/mol. The van der Waals surface area contributed by atoms with Gasteiger partial charge in [-0.05, 0) is 101 Å². The first kappa shape index (κ1) is 15.1. The molecule has 4 bridgehead atoms. The molecule has 0 spiro atoms. The summed E-state index contributed by atoms with van der Waals surface area (Å²) in [6.45, 7) is 5.32. The van der Waals surface area contributed by atoms with Gasteiger partial charge in [-0.1, -0.05) is 0 Å². The van der Waals surface area contributed by atoms with Gasteiger partial charge in [0.15, 0.2) is 0 Å². The Kier molecular flexibility index (Phi) is 4.94. The van der Waals surface area contributed by atoms with Crippen LogP contribution in [-0.2, 0) is 0 Å². The first-order chi connectivity index (χ1) is 9.38. The topological polar surface area (TPSA) is 15.3 Å². The Labute approximate surface area is 130 Å². The summed E-state index contributed by atoms with van der Waals surface area (Å²) in [6.07, 6.45) is 12.0. The standard InChI is InChI=1S/C17H30N2.ClH/c1-2-6-19(5-1)7-3-4-18-17-15-9-13-8-14(11-15)12-16(17)10-13;/h13-18H,1-12H2;1H/p-1. The van der Waals surface area contributed by atoms with Crippen LogP contribution in [0.1, 0.15) is 51.4 Å². The quantitative estimate of drug-likeness (QED) is 0.713. The molecule has 0 radical (unpaired) electrons. The van der Waals surface area contributed by atoms with E-state index in [1.54, 1.807) is 32.1 Å². The second-order valence-corrected chi connectivity index (χ2v) is 7.81. The van der Waals surface area contributed by atoms with Gasteiger partial charge < -0.3 is 22.6 Å². The molecule has 4 aliphatic carbocycles. The maximum atomic E-state index is 3.96. The van der Waals surface area contributed by atoms with E-state index in [1.165, 1.54) is 45.4 Å². The van der Waals surface area contributed by atoms with E-state index >= 15 is 0 Å². The summed E-state index contributed by atoms with van der Waals surface area (Å²) in [7, 11) is 0. The third kappa shape index (κ3) is 3.03. The lowest BCUT2D eigenvalue weighted by Crippen LogP contribution is -3.00. The molecule has 1 heterocycles. The number of nitrogens with one attached hydrogen (secondary N) is 1. The molecule has 1 saturated heterocycles. The number of nitrogens with zero attached hydrogens (tertiary/aromatic N) is 1. The van der Waals surface area contributed by atoms with E-state index in [4.69, 9.17) is 0 Å². The number of hydrogen-bond donors (Lipinski definition) is 1. The molecule has 116 valence electrons. The minimum atomic E-state index is 0. The van der Waals surface area contributed by atoms with Crippen molar-refractivity contribution >= 4 is 0 Å². The third-order valence-electron chi connectivity index (χ3n) is 6.46. The maximum absolute atomic E-state index is 3.96. The van der Waals surface area contributed by atoms with Crippen molar-refractivity contribution in [1.82, 2.24) is 10.2 Å². The Morgan fingerprint density at radius 1 is 0.850 bits per heavy atom. The predicted octanol–water partition coefficient (Wildman–Crippen LogP) is -0.109. The number of rotatable bonds is 5. The van der Waals surface area contributed by atoms with E-state index in [9.17, 15) is 0 Å². The first-order valence-electron chi connectivity index (χ1n) is 8.84. The molecule has 3 heteroatoms. The number of likely N-dealkylation sites (tertiary alicyclic amines) is 1. The van der Waals surface area contributed by atoms with Crippen molar-refractivity contribution in [2.24, 2.45) is 23.7 Å². The summed E-state index contributed by atoms with van der Waals surface area (Å²) in [6, 6.07) is 0.895. The SMILES string of the molecule is C1CCN(CCCNC2C3CC4CC(C3)CC2C4)C1.[Cl-]. The van der Waals surface area contributed by atoms with Gasteiger partial charge in [0, 0.05) is 6.04 Å². The molecule has 4 saturated carbocycles. The Morgan fingerprint density at radius 3 is 2.05 bits per heavy atom. The summed E-state index contributed by atoms with van der Waals surface area (Å²) in [5.41, 5.74) is 0. The van der Waals surface area contributed by atoms with Gasteiger partial charge in [-0.25, -0.2) is 0 Å². The van der Waals surface area contributed by atoms with Crippen molar-refractivity contribution < 1.29 is 12.4 Å². The molecule has 5 aliphatic rings. The van der Waals surface area contributed by atoms with Gasteiger partial charge in [0.25, 0.3) is 0 Å². The van der Waals surface area contributed by atoms with Gasteiger partial charge in [0.2, 0.25) is 0 Å². The second-order valence-electron chi connectivity index (χ2n) is 7.81. The fraction of sp³-hybridized carbons (Fsp3) is 1.00. The average Bonchev–Trinajstić information content (AvgIpc) is 2.89. The van der Waals surface area contributed by atoms with E-state index in [2.05, 4.69) is 10.2 Å². The van der Waals surface area contributed by atoms with Crippen molar-refractivity contribution in [3.63, 3.8) is 0 Å². The third-order valence-corrected chi connectivity index (χ3v) is 6.46. The minimum Gasteiger partial charge on any atom is -1.00 e. The summed E-state index contributed by atoms with van der Waals surface area (Å²) in [5.74, 6) is 4.32. The van der Waals surface area contributed by atoms with Crippen LogP contribution in [0.4, 0.5) is 0 Å². The van der Waals surface area contributed by atoms with E-state index < -0.39 is 0 Å². The number of halogens is 1. The minimum absolute atomic E-state index is 0. The lowest BCUT2D eigenvalue weighted by Gasteiger charge is -2.54. The lowest BCUT2D eigenvalue weighted by molar-refractivity contribution is -0.0137. The van der Waals surface area contributed by atoms with Gasteiger partial charge in [0.1, 0.15) is 0 Å². The maximum Gasteiger partial charge on any atom is 0.0124 e. The zero-order valence-electron chi connectivity index (χ0n) is 12.7. The highest BCUT2D eigenvalue weighted by molar-refractivity contribution is 5.01. The smallest absolute Gasteiger partial charge is 0.0124 e. The van der Waals surface area contributed by atoms with Crippen LogP contribution in [-0.4, -0.2) is 37.1 Å². The van der Waals surface area contributed by atoms with E-state index in [0.717, 1.165) is 29.7 Å². The van der Waals surface area contributed by atoms with Crippen LogP contribution in [0.2, 0.25) is 0 Å². The molecule has 2 nitrogen and oxygen atoms in total. The summed E-state index contributed by atoms with van der Waals surface area (Å²) >= 11 is 0. The molecular weight excluding hydrogens is 268 g/mol. The van der Waals surface area contributed by atoms with Crippen molar-refractivity contribution in [1.29, 1.82) is 0 Å². The highest BCUT2D eigenvalue weighted by Crippen LogP contribution is 2.53. The van der Waals surface area contributed by atoms with Crippen molar-refractivity contribution in [2.45, 2.75) is 57.4 Å². The second kappa shape index (κ2) is 6.54. The van der Waals surface area contributed by atoms with Gasteiger partial charge in [-0.15, -0.1) is 0 Å². The molecule has 1 aliphatic heterocycles. The lowest BCUT2D eigenvalue weighted by atomic mass is 9.54. The van der Waals surface area contributed by atoms with Crippen LogP contribution in [0, 0.1) is 23.7 Å². The van der Waals surface area contributed by atoms with Crippen LogP contribution >= 0.6 is 0 Å². The molecular formula is C17H30ClN2-. The van der Waals surface area contributed by atoms with Crippen LogP contribution in [0.5, 0.6) is 0 Å². The largest absolute Gasteiger partial charge is 1.00 e. The fourth-order valence-corrected chi connectivity index (χ4v) is 5.84. The molecule has 0 aromatic rings. The summed E-state index contributed by atoms with van der Waals surface area (Å²) in [4.78, 5) is 2.65. The van der Waals surface area contributed by atoms with Gasteiger partial charge in [0.05, 0.1) is 0 Å². The molecule has 5 rings (SSSR count). The molecule has 0 aromatic carbocycles. The zero-order valence-corrected chi connectivity index (χ0v) is 13.5. The van der Waals surface area contributed by atoms with Crippen LogP contribution in [0.3, 0.4) is 0 Å². The number of hydrogen-bond acceptors (Lipinski definition) is 2. The van der Waals surface area contributed by atoms with Crippen molar-refractivity contribution in [3.05, 3.63) is 0 Å². The Bertz CT molecular complexity index is 286. The van der Waals surface area contributed by atoms with Crippen LogP contribution in [0.15, 0.2) is 0 Å². The summed E-state index contributed by atoms with van der Waals surface area (Å²) < 4.78 is 0. The molecule has 0 aromatic heterocycles. The van der Waals surface area contributed by atoms with Crippen molar-refractivity contribution in [2.75, 3.05) is 26.2 Å². The molecule has 20 heavy (non-hydrogen) atoms. The molecule has 1 N–H and O–H groups in total. The first-order valence-corrected chi connectivity index (χ1v) is 8.84. The van der Waals surface area contributed by atoms with E-state index in [1.807, 2.05) is 0 Å². The van der Waals surface area contributed by atoms with Crippen LogP contribution in [0.25, 0.3) is 0 Å². The molecule has 0 unspecified atom stereocenters. The van der Waals surface area contributed by atoms with Gasteiger partial charge in [-0.3, -0.25) is 0 Å². The van der Waals surface area contributed by atoms with E-state index in [0.29, 0.717) is 0 Å². The Morgan fingerprint density at radius 2 is 1.45 bits per heavy atom. The Balaban J connectivity index is 0.00000121. The molecule has 0 atom stereocenters. The van der Waals surface area contributed by atoms with Crippen molar-refractivity contribution in [3.8, 4) is 0 Å². The average molecular weight is 298 g/mol. The summed E-state index contributed by atoms with van der Waals surface area (Å²) in [5, 5.41) is 3.96.